The van der Waals surface area contributed by atoms with Crippen molar-refractivity contribution in [1.82, 2.24) is 9.78 Å². The third kappa shape index (κ3) is 1.96. The van der Waals surface area contributed by atoms with Crippen molar-refractivity contribution in [1.29, 1.82) is 0 Å². The molecule has 0 saturated carbocycles. The third-order valence-corrected chi connectivity index (χ3v) is 2.15. The lowest BCUT2D eigenvalue weighted by molar-refractivity contribution is 0.0692. The molecule has 0 fully saturated rings. The van der Waals surface area contributed by atoms with Gasteiger partial charge in [-0.25, -0.2) is 9.48 Å². The summed E-state index contributed by atoms with van der Waals surface area (Å²) in [5.74, 6) is -1.22. The van der Waals surface area contributed by atoms with E-state index in [4.69, 9.17) is 5.11 Å². The van der Waals surface area contributed by atoms with Crippen molar-refractivity contribution in [3.05, 3.63) is 39.8 Å². The van der Waals surface area contributed by atoms with Gasteiger partial charge in [-0.15, -0.1) is 6.58 Å². The van der Waals surface area contributed by atoms with Crippen LogP contribution in [-0.2, 0) is 6.54 Å². The van der Waals surface area contributed by atoms with Gasteiger partial charge in [0.25, 0.3) is 5.56 Å². The number of aromatic carboxylic acids is 1. The summed E-state index contributed by atoms with van der Waals surface area (Å²) in [5.41, 5.74) is 0.136. The zero-order chi connectivity index (χ0) is 11.6. The molecular weight excluding hydrogens is 196 g/mol. The van der Waals surface area contributed by atoms with Gasteiger partial charge >= 0.3 is 5.97 Å². The van der Waals surface area contributed by atoms with Crippen molar-refractivity contribution in [3.8, 4) is 0 Å². The summed E-state index contributed by atoms with van der Waals surface area (Å²) in [4.78, 5) is 22.5. The van der Waals surface area contributed by atoms with E-state index in [0.29, 0.717) is 11.3 Å². The second-order valence-corrected chi connectivity index (χ2v) is 3.17. The zero-order valence-corrected chi connectivity index (χ0v) is 8.65. The first-order valence-corrected chi connectivity index (χ1v) is 4.41. The van der Waals surface area contributed by atoms with Crippen LogP contribution in [0.25, 0.3) is 0 Å². The highest BCUT2D eigenvalue weighted by Gasteiger charge is 2.17. The average molecular weight is 208 g/mol. The molecule has 0 aromatic carbocycles. The molecule has 0 radical (unpaired) electrons. The monoisotopic (exact) mass is 208 g/mol. The lowest BCUT2D eigenvalue weighted by Gasteiger charge is -2.07. The Balaban J connectivity index is 3.56. The van der Waals surface area contributed by atoms with E-state index in [0.717, 1.165) is 4.68 Å². The molecule has 5 heteroatoms. The van der Waals surface area contributed by atoms with Crippen LogP contribution in [0, 0.1) is 13.8 Å². The highest BCUT2D eigenvalue weighted by atomic mass is 16.4. The fraction of sp³-hybridized carbons (Fsp3) is 0.300. The van der Waals surface area contributed by atoms with Crippen LogP contribution in [0.1, 0.15) is 21.6 Å². The molecule has 1 aromatic heterocycles. The van der Waals surface area contributed by atoms with Gasteiger partial charge in [-0.3, -0.25) is 4.79 Å². The van der Waals surface area contributed by atoms with Crippen molar-refractivity contribution in [2.75, 3.05) is 0 Å². The second-order valence-electron chi connectivity index (χ2n) is 3.17. The van der Waals surface area contributed by atoms with E-state index in [-0.39, 0.29) is 12.1 Å². The van der Waals surface area contributed by atoms with Gasteiger partial charge in [0.1, 0.15) is 5.56 Å². The van der Waals surface area contributed by atoms with E-state index in [1.807, 2.05) is 0 Å². The Kier molecular flexibility index (Phi) is 3.04. The molecule has 0 spiro atoms. The number of hydrogen-bond donors (Lipinski definition) is 1. The Morgan fingerprint density at radius 2 is 2.20 bits per heavy atom. The maximum Gasteiger partial charge on any atom is 0.341 e. The van der Waals surface area contributed by atoms with Crippen molar-refractivity contribution in [2.24, 2.45) is 0 Å². The summed E-state index contributed by atoms with van der Waals surface area (Å²) >= 11 is 0. The SMILES string of the molecule is C=CCn1nc(C)c(C)c(C(=O)O)c1=O. The molecule has 0 aliphatic rings. The number of aromatic nitrogens is 2. The van der Waals surface area contributed by atoms with Crippen LogP contribution in [-0.4, -0.2) is 20.9 Å². The lowest BCUT2D eigenvalue weighted by atomic mass is 10.1. The fourth-order valence-corrected chi connectivity index (χ4v) is 1.27. The minimum absolute atomic E-state index is 0.209. The van der Waals surface area contributed by atoms with E-state index >= 15 is 0 Å². The van der Waals surface area contributed by atoms with Crippen molar-refractivity contribution >= 4 is 5.97 Å². The standard InChI is InChI=1S/C10H12N2O3/c1-4-5-12-9(13)8(10(14)15)6(2)7(3)11-12/h4H,1,5H2,2-3H3,(H,14,15). The molecule has 0 aliphatic carbocycles. The molecule has 15 heavy (non-hydrogen) atoms. The number of nitrogens with zero attached hydrogens (tertiary/aromatic N) is 2. The van der Waals surface area contributed by atoms with Crippen LogP contribution in [0.15, 0.2) is 17.4 Å². The molecule has 1 rings (SSSR count). The summed E-state index contributed by atoms with van der Waals surface area (Å²) in [6, 6.07) is 0. The van der Waals surface area contributed by atoms with Gasteiger partial charge in [0.2, 0.25) is 0 Å². The third-order valence-electron chi connectivity index (χ3n) is 2.15. The highest BCUT2D eigenvalue weighted by Crippen LogP contribution is 2.05. The summed E-state index contributed by atoms with van der Waals surface area (Å²) in [6.07, 6.45) is 1.49. The van der Waals surface area contributed by atoms with Crippen molar-refractivity contribution in [2.45, 2.75) is 20.4 Å². The molecule has 5 nitrogen and oxygen atoms in total. The molecule has 0 saturated heterocycles. The summed E-state index contributed by atoms with van der Waals surface area (Å²) in [5, 5.41) is 12.9. The Morgan fingerprint density at radius 3 is 2.67 bits per heavy atom. The largest absolute Gasteiger partial charge is 0.477 e. The minimum Gasteiger partial charge on any atom is -0.477 e. The zero-order valence-electron chi connectivity index (χ0n) is 8.65. The Labute approximate surface area is 86.7 Å². The lowest BCUT2D eigenvalue weighted by Crippen LogP contribution is -2.30. The second kappa shape index (κ2) is 4.08. The number of carboxylic acid groups (broad SMARTS) is 1. The number of rotatable bonds is 3. The van der Waals surface area contributed by atoms with Gasteiger partial charge in [0.15, 0.2) is 0 Å². The topological polar surface area (TPSA) is 72.2 Å². The molecule has 0 unspecified atom stereocenters. The van der Waals surface area contributed by atoms with Gasteiger partial charge in [-0.05, 0) is 19.4 Å². The van der Waals surface area contributed by atoms with Gasteiger partial charge in [0.05, 0.1) is 12.2 Å². The van der Waals surface area contributed by atoms with Crippen LogP contribution >= 0.6 is 0 Å². The maximum atomic E-state index is 11.6. The smallest absolute Gasteiger partial charge is 0.341 e. The predicted molar refractivity (Wildman–Crippen MR) is 55.1 cm³/mol. The van der Waals surface area contributed by atoms with Crippen LogP contribution in [0.2, 0.25) is 0 Å². The van der Waals surface area contributed by atoms with Gasteiger partial charge in [0, 0.05) is 0 Å². The molecular formula is C10H12N2O3. The quantitative estimate of drug-likeness (QED) is 0.744. The molecule has 0 amide bonds. The number of hydrogen-bond acceptors (Lipinski definition) is 3. The fourth-order valence-electron chi connectivity index (χ4n) is 1.27. The van der Waals surface area contributed by atoms with E-state index in [9.17, 15) is 9.59 Å². The molecule has 1 N–H and O–H groups in total. The van der Waals surface area contributed by atoms with E-state index in [2.05, 4.69) is 11.7 Å². The Morgan fingerprint density at radius 1 is 1.60 bits per heavy atom. The number of carbonyl (C=O) groups is 1. The molecule has 1 aromatic rings. The highest BCUT2D eigenvalue weighted by molar-refractivity contribution is 5.88. The minimum atomic E-state index is -1.22. The van der Waals surface area contributed by atoms with Crippen LogP contribution in [0.3, 0.4) is 0 Å². The van der Waals surface area contributed by atoms with Crippen LogP contribution in [0.4, 0.5) is 0 Å². The Hall–Kier alpha value is -1.91. The summed E-state index contributed by atoms with van der Waals surface area (Å²) < 4.78 is 1.10. The van der Waals surface area contributed by atoms with Gasteiger partial charge < -0.3 is 5.11 Å². The van der Waals surface area contributed by atoms with E-state index in [1.165, 1.54) is 6.08 Å². The van der Waals surface area contributed by atoms with Crippen molar-refractivity contribution in [3.63, 3.8) is 0 Å². The predicted octanol–water partition coefficient (Wildman–Crippen LogP) is 0.744. The first-order valence-electron chi connectivity index (χ1n) is 4.41. The number of allylic oxidation sites excluding steroid dienone is 1. The summed E-state index contributed by atoms with van der Waals surface area (Å²) in [7, 11) is 0. The van der Waals surface area contributed by atoms with Crippen LogP contribution in [0.5, 0.6) is 0 Å². The normalized spacial score (nSPS) is 10.0. The average Bonchev–Trinajstić information content (AvgIpc) is 2.14. The molecule has 80 valence electrons. The van der Waals surface area contributed by atoms with E-state index in [1.54, 1.807) is 13.8 Å². The number of carboxylic acids is 1. The first-order chi connectivity index (χ1) is 6.99. The maximum absolute atomic E-state index is 11.6. The van der Waals surface area contributed by atoms with Gasteiger partial charge in [-0.1, -0.05) is 6.08 Å². The van der Waals surface area contributed by atoms with Crippen molar-refractivity contribution < 1.29 is 9.90 Å². The first kappa shape index (κ1) is 11.2. The van der Waals surface area contributed by atoms with Crippen LogP contribution < -0.4 is 5.56 Å². The van der Waals surface area contributed by atoms with Gasteiger partial charge in [-0.2, -0.15) is 5.10 Å². The number of aryl methyl sites for hydroxylation is 1. The molecule has 0 bridgehead atoms. The summed E-state index contributed by atoms with van der Waals surface area (Å²) in [6.45, 7) is 6.93. The molecule has 0 atom stereocenters. The molecule has 1 heterocycles. The Bertz CT molecular complexity index is 474. The van der Waals surface area contributed by atoms with E-state index < -0.39 is 11.5 Å². The molecule has 0 aliphatic heterocycles.